The van der Waals surface area contributed by atoms with Crippen molar-refractivity contribution in [1.29, 1.82) is 0 Å². The molecule has 11 heteroatoms. The van der Waals surface area contributed by atoms with Gasteiger partial charge in [0, 0.05) is 22.7 Å². The van der Waals surface area contributed by atoms with Crippen molar-refractivity contribution >= 4 is 63.5 Å². The summed E-state index contributed by atoms with van der Waals surface area (Å²) >= 11 is 12.0. The maximum absolute atomic E-state index is 12.7. The Bertz CT molecular complexity index is 1290. The summed E-state index contributed by atoms with van der Waals surface area (Å²) in [6, 6.07) is 15.5. The van der Waals surface area contributed by atoms with Crippen LogP contribution in [-0.4, -0.2) is 26.1 Å². The maximum atomic E-state index is 12.7. The SMILES string of the molecule is O=C(NN1C(=O)/C(=C\c2ccc(-c3ccccc3[N+](=O)[O-])o2)SC1=S)c1ccc(Cl)cc1. The number of para-hydroxylation sites is 1. The van der Waals surface area contributed by atoms with Gasteiger partial charge in [0.1, 0.15) is 11.5 Å². The van der Waals surface area contributed by atoms with E-state index in [0.29, 0.717) is 21.9 Å². The van der Waals surface area contributed by atoms with Gasteiger partial charge in [-0.3, -0.25) is 25.1 Å². The number of nitrogens with one attached hydrogen (secondary N) is 1. The second-order valence-corrected chi connectivity index (χ2v) is 8.55. The Hall–Kier alpha value is -3.47. The van der Waals surface area contributed by atoms with E-state index in [0.717, 1.165) is 16.8 Å². The normalized spacial score (nSPS) is 14.8. The minimum Gasteiger partial charge on any atom is -0.456 e. The molecule has 8 nitrogen and oxygen atoms in total. The Balaban J connectivity index is 1.53. The number of amides is 2. The van der Waals surface area contributed by atoms with Crippen molar-refractivity contribution in [3.8, 4) is 11.3 Å². The summed E-state index contributed by atoms with van der Waals surface area (Å²) in [7, 11) is 0. The smallest absolute Gasteiger partial charge is 0.285 e. The molecule has 2 amide bonds. The van der Waals surface area contributed by atoms with E-state index in [2.05, 4.69) is 5.43 Å². The van der Waals surface area contributed by atoms with Gasteiger partial charge in [0.15, 0.2) is 4.32 Å². The summed E-state index contributed by atoms with van der Waals surface area (Å²) in [4.78, 5) is 36.1. The minimum absolute atomic E-state index is 0.0929. The third kappa shape index (κ3) is 4.42. The molecule has 1 saturated heterocycles. The summed E-state index contributed by atoms with van der Waals surface area (Å²) in [6.45, 7) is 0. The van der Waals surface area contributed by atoms with Crippen molar-refractivity contribution in [2.45, 2.75) is 0 Å². The van der Waals surface area contributed by atoms with E-state index in [1.54, 1.807) is 42.5 Å². The highest BCUT2D eigenvalue weighted by Gasteiger charge is 2.34. The van der Waals surface area contributed by atoms with Gasteiger partial charge in [-0.2, -0.15) is 5.01 Å². The Kier molecular flexibility index (Phi) is 6.08. The number of carbonyl (C=O) groups excluding carboxylic acids is 2. The molecule has 0 spiro atoms. The lowest BCUT2D eigenvalue weighted by Gasteiger charge is -2.15. The van der Waals surface area contributed by atoms with Crippen LogP contribution >= 0.6 is 35.6 Å². The van der Waals surface area contributed by atoms with Crippen molar-refractivity contribution in [2.24, 2.45) is 0 Å². The van der Waals surface area contributed by atoms with E-state index >= 15 is 0 Å². The number of halogens is 1. The maximum Gasteiger partial charge on any atom is 0.285 e. The lowest BCUT2D eigenvalue weighted by Crippen LogP contribution is -2.44. The van der Waals surface area contributed by atoms with Crippen LogP contribution in [0, 0.1) is 10.1 Å². The quantitative estimate of drug-likeness (QED) is 0.233. The lowest BCUT2D eigenvalue weighted by atomic mass is 10.1. The third-order valence-corrected chi connectivity index (χ3v) is 5.93. The van der Waals surface area contributed by atoms with Crippen molar-refractivity contribution in [2.75, 3.05) is 0 Å². The zero-order valence-electron chi connectivity index (χ0n) is 16.0. The van der Waals surface area contributed by atoms with Crippen molar-refractivity contribution < 1.29 is 18.9 Å². The molecule has 4 rings (SSSR count). The molecule has 1 aliphatic rings. The number of hydrogen-bond acceptors (Lipinski definition) is 7. The standard InChI is InChI=1S/C21H12ClN3O5S2/c22-13-7-5-12(6-8-13)19(26)23-24-20(27)18(32-21(24)31)11-14-9-10-17(30-14)15-3-1-2-4-16(15)25(28)29/h1-11H,(H,23,26)/b18-11+. The molecule has 32 heavy (non-hydrogen) atoms. The topological polar surface area (TPSA) is 106 Å². The first-order valence-corrected chi connectivity index (χ1v) is 10.6. The van der Waals surface area contributed by atoms with E-state index in [-0.39, 0.29) is 20.7 Å². The molecular formula is C21H12ClN3O5S2. The van der Waals surface area contributed by atoms with Crippen LogP contribution in [0.4, 0.5) is 5.69 Å². The Morgan fingerprint density at radius 2 is 1.88 bits per heavy atom. The van der Waals surface area contributed by atoms with Gasteiger partial charge in [0.25, 0.3) is 17.5 Å². The number of nitro benzene ring substituents is 1. The number of thiocarbonyl (C=S) groups is 1. The van der Waals surface area contributed by atoms with Gasteiger partial charge in [0.05, 0.1) is 15.4 Å². The van der Waals surface area contributed by atoms with Gasteiger partial charge in [-0.1, -0.05) is 35.5 Å². The molecule has 0 saturated carbocycles. The van der Waals surface area contributed by atoms with Gasteiger partial charge in [-0.15, -0.1) is 0 Å². The second-order valence-electron chi connectivity index (χ2n) is 6.44. The molecule has 0 bridgehead atoms. The summed E-state index contributed by atoms with van der Waals surface area (Å²) in [5.74, 6) is -0.445. The molecule has 0 atom stereocenters. The number of hydrazine groups is 1. The van der Waals surface area contributed by atoms with E-state index in [9.17, 15) is 19.7 Å². The van der Waals surface area contributed by atoms with Gasteiger partial charge in [-0.05, 0) is 54.7 Å². The van der Waals surface area contributed by atoms with E-state index in [4.69, 9.17) is 28.2 Å². The highest BCUT2D eigenvalue weighted by molar-refractivity contribution is 8.26. The molecule has 1 aromatic heterocycles. The van der Waals surface area contributed by atoms with Gasteiger partial charge in [0.2, 0.25) is 0 Å². The fourth-order valence-corrected chi connectivity index (χ4v) is 4.16. The van der Waals surface area contributed by atoms with Crippen LogP contribution < -0.4 is 5.43 Å². The van der Waals surface area contributed by atoms with Gasteiger partial charge >= 0.3 is 0 Å². The number of carbonyl (C=O) groups is 2. The Labute approximate surface area is 196 Å². The number of furan rings is 1. The zero-order valence-corrected chi connectivity index (χ0v) is 18.4. The number of nitro groups is 1. The number of thioether (sulfide) groups is 1. The number of benzene rings is 2. The van der Waals surface area contributed by atoms with Crippen molar-refractivity contribution in [1.82, 2.24) is 10.4 Å². The average molecular weight is 486 g/mol. The zero-order chi connectivity index (χ0) is 22.8. The van der Waals surface area contributed by atoms with Crippen LogP contribution in [0.5, 0.6) is 0 Å². The molecule has 160 valence electrons. The predicted molar refractivity (Wildman–Crippen MR) is 125 cm³/mol. The highest BCUT2D eigenvalue weighted by atomic mass is 35.5. The summed E-state index contributed by atoms with van der Waals surface area (Å²) in [6.07, 6.45) is 1.46. The summed E-state index contributed by atoms with van der Waals surface area (Å²) < 4.78 is 5.84. The molecule has 1 N–H and O–H groups in total. The number of nitrogens with zero attached hydrogens (tertiary/aromatic N) is 2. The fraction of sp³-hybridized carbons (Fsp3) is 0. The first-order chi connectivity index (χ1) is 15.3. The minimum atomic E-state index is -0.522. The van der Waals surface area contributed by atoms with E-state index in [1.165, 1.54) is 24.3 Å². The number of hydrogen-bond donors (Lipinski definition) is 1. The van der Waals surface area contributed by atoms with Gasteiger partial charge < -0.3 is 4.42 Å². The van der Waals surface area contributed by atoms with Crippen LogP contribution in [-0.2, 0) is 4.79 Å². The first kappa shape index (κ1) is 21.8. The van der Waals surface area contributed by atoms with Crippen molar-refractivity contribution in [3.05, 3.63) is 92.0 Å². The Morgan fingerprint density at radius 3 is 2.59 bits per heavy atom. The highest BCUT2D eigenvalue weighted by Crippen LogP contribution is 2.34. The molecule has 3 aromatic rings. The molecule has 2 aromatic carbocycles. The molecule has 0 radical (unpaired) electrons. The largest absolute Gasteiger partial charge is 0.456 e. The van der Waals surface area contributed by atoms with E-state index in [1.807, 2.05) is 0 Å². The predicted octanol–water partition coefficient (Wildman–Crippen LogP) is 5.05. The van der Waals surface area contributed by atoms with Crippen LogP contribution in [0.25, 0.3) is 17.4 Å². The third-order valence-electron chi connectivity index (χ3n) is 4.38. The van der Waals surface area contributed by atoms with Crippen LogP contribution in [0.15, 0.2) is 70.0 Å². The molecular weight excluding hydrogens is 474 g/mol. The van der Waals surface area contributed by atoms with Crippen LogP contribution in [0.1, 0.15) is 16.1 Å². The van der Waals surface area contributed by atoms with Crippen LogP contribution in [0.3, 0.4) is 0 Å². The molecule has 0 aliphatic carbocycles. The van der Waals surface area contributed by atoms with Gasteiger partial charge in [-0.25, -0.2) is 0 Å². The number of rotatable bonds is 5. The molecule has 0 unspecified atom stereocenters. The average Bonchev–Trinajstić information content (AvgIpc) is 3.34. The van der Waals surface area contributed by atoms with Crippen LogP contribution in [0.2, 0.25) is 5.02 Å². The first-order valence-electron chi connectivity index (χ1n) is 9.01. The van der Waals surface area contributed by atoms with Crippen molar-refractivity contribution in [3.63, 3.8) is 0 Å². The molecule has 1 aliphatic heterocycles. The monoisotopic (exact) mass is 485 g/mol. The molecule has 2 heterocycles. The second kappa shape index (κ2) is 8.95. The summed E-state index contributed by atoms with van der Waals surface area (Å²) in [5, 5.41) is 12.7. The fourth-order valence-electron chi connectivity index (χ4n) is 2.88. The summed E-state index contributed by atoms with van der Waals surface area (Å²) in [5.41, 5.74) is 3.01. The Morgan fingerprint density at radius 1 is 1.16 bits per heavy atom. The molecule has 1 fully saturated rings. The lowest BCUT2D eigenvalue weighted by molar-refractivity contribution is -0.384. The van der Waals surface area contributed by atoms with E-state index < -0.39 is 16.7 Å².